The van der Waals surface area contributed by atoms with Crippen molar-refractivity contribution in [3.05, 3.63) is 29.3 Å². The van der Waals surface area contributed by atoms with Gasteiger partial charge in [0.1, 0.15) is 5.75 Å². The van der Waals surface area contributed by atoms with Crippen LogP contribution in [0, 0.1) is 18.8 Å². The highest BCUT2D eigenvalue weighted by molar-refractivity contribution is 5.40. The van der Waals surface area contributed by atoms with E-state index in [1.807, 2.05) is 6.92 Å². The lowest BCUT2D eigenvalue weighted by molar-refractivity contribution is 0.154. The van der Waals surface area contributed by atoms with E-state index in [4.69, 9.17) is 10.5 Å². The third-order valence-electron chi connectivity index (χ3n) is 4.94. The van der Waals surface area contributed by atoms with Gasteiger partial charge in [0.25, 0.3) is 0 Å². The van der Waals surface area contributed by atoms with E-state index in [0.717, 1.165) is 11.7 Å². The minimum atomic E-state index is 0.414. The molecular weight excluding hydrogens is 284 g/mol. The van der Waals surface area contributed by atoms with E-state index in [1.54, 1.807) is 0 Å². The van der Waals surface area contributed by atoms with Crippen LogP contribution in [0.1, 0.15) is 50.7 Å². The van der Waals surface area contributed by atoms with Gasteiger partial charge in [0, 0.05) is 12.5 Å². The summed E-state index contributed by atoms with van der Waals surface area (Å²) in [6.07, 6.45) is 2.49. The summed E-state index contributed by atoms with van der Waals surface area (Å²) in [5.41, 5.74) is 8.80. The highest BCUT2D eigenvalue weighted by Crippen LogP contribution is 2.37. The van der Waals surface area contributed by atoms with Crippen molar-refractivity contribution in [2.24, 2.45) is 17.6 Å². The average molecular weight is 319 g/mol. The van der Waals surface area contributed by atoms with Crippen molar-refractivity contribution in [2.45, 2.75) is 46.5 Å². The molecule has 130 valence electrons. The number of nitrogens with zero attached hydrogens (tertiary/aromatic N) is 1. The highest BCUT2D eigenvalue weighted by Gasteiger charge is 2.28. The van der Waals surface area contributed by atoms with Gasteiger partial charge in [-0.3, -0.25) is 0 Å². The molecule has 1 atom stereocenters. The van der Waals surface area contributed by atoms with Crippen LogP contribution in [0.15, 0.2) is 18.2 Å². The highest BCUT2D eigenvalue weighted by atomic mass is 16.5. The first-order valence-electron chi connectivity index (χ1n) is 9.20. The van der Waals surface area contributed by atoms with Crippen LogP contribution in [-0.4, -0.2) is 37.7 Å². The molecule has 2 rings (SSSR count). The third-order valence-corrected chi connectivity index (χ3v) is 4.94. The van der Waals surface area contributed by atoms with Gasteiger partial charge in [-0.2, -0.15) is 0 Å². The molecule has 1 aliphatic rings. The first kappa shape index (κ1) is 18.3. The van der Waals surface area contributed by atoms with Gasteiger partial charge in [0.15, 0.2) is 0 Å². The zero-order valence-corrected chi connectivity index (χ0v) is 15.3. The minimum Gasteiger partial charge on any atom is -0.494 e. The van der Waals surface area contributed by atoms with Gasteiger partial charge in [0.05, 0.1) is 6.61 Å². The van der Waals surface area contributed by atoms with E-state index in [0.29, 0.717) is 25.0 Å². The Bertz CT molecular complexity index is 479. The first-order valence-corrected chi connectivity index (χ1v) is 9.20. The summed E-state index contributed by atoms with van der Waals surface area (Å²) in [7, 11) is 0. The fourth-order valence-corrected chi connectivity index (χ4v) is 3.87. The number of aryl methyl sites for hydroxylation is 1. The molecule has 1 saturated heterocycles. The number of hydrogen-bond donors (Lipinski definition) is 1. The van der Waals surface area contributed by atoms with Crippen molar-refractivity contribution < 1.29 is 4.74 Å². The van der Waals surface area contributed by atoms with Crippen LogP contribution in [-0.2, 0) is 0 Å². The second-order valence-corrected chi connectivity index (χ2v) is 7.35. The van der Waals surface area contributed by atoms with Crippen LogP contribution in [0.25, 0.3) is 0 Å². The zero-order chi connectivity index (χ0) is 16.8. The Morgan fingerprint density at radius 2 is 1.96 bits per heavy atom. The van der Waals surface area contributed by atoms with E-state index >= 15 is 0 Å². The lowest BCUT2D eigenvalue weighted by Crippen LogP contribution is -2.39. The molecule has 0 saturated carbocycles. The molecular formula is C20H34N2O. The van der Waals surface area contributed by atoms with Crippen LogP contribution in [0.2, 0.25) is 0 Å². The molecule has 3 nitrogen and oxygen atoms in total. The Balaban J connectivity index is 2.10. The molecule has 23 heavy (non-hydrogen) atoms. The fraction of sp³-hybridized carbons (Fsp3) is 0.700. The maximum absolute atomic E-state index is 6.20. The molecule has 1 unspecified atom stereocenters. The average Bonchev–Trinajstić information content (AvgIpc) is 2.52. The SMILES string of the molecule is CCOc1ccc(C)cc1C(CN)C1CCN(CC(C)C)CC1. The molecule has 0 bridgehead atoms. The summed E-state index contributed by atoms with van der Waals surface area (Å²) < 4.78 is 5.87. The van der Waals surface area contributed by atoms with E-state index in [9.17, 15) is 0 Å². The Kier molecular flexibility index (Phi) is 6.91. The number of nitrogens with two attached hydrogens (primary N) is 1. The summed E-state index contributed by atoms with van der Waals surface area (Å²) in [6.45, 7) is 13.8. The van der Waals surface area contributed by atoms with Crippen molar-refractivity contribution in [2.75, 3.05) is 32.8 Å². The summed E-state index contributed by atoms with van der Waals surface area (Å²) in [5, 5.41) is 0. The molecule has 0 aromatic heterocycles. The van der Waals surface area contributed by atoms with Gasteiger partial charge in [-0.25, -0.2) is 0 Å². The van der Waals surface area contributed by atoms with Gasteiger partial charge in [-0.15, -0.1) is 0 Å². The molecule has 2 N–H and O–H groups in total. The second-order valence-electron chi connectivity index (χ2n) is 7.35. The predicted octanol–water partition coefficient (Wildman–Crippen LogP) is 3.80. The largest absolute Gasteiger partial charge is 0.494 e. The smallest absolute Gasteiger partial charge is 0.122 e. The van der Waals surface area contributed by atoms with Crippen molar-refractivity contribution >= 4 is 0 Å². The van der Waals surface area contributed by atoms with Crippen molar-refractivity contribution in [3.63, 3.8) is 0 Å². The fourth-order valence-electron chi connectivity index (χ4n) is 3.87. The maximum atomic E-state index is 6.20. The van der Waals surface area contributed by atoms with E-state index in [1.165, 1.54) is 43.6 Å². The van der Waals surface area contributed by atoms with Crippen LogP contribution in [0.4, 0.5) is 0 Å². The summed E-state index contributed by atoms with van der Waals surface area (Å²) in [6, 6.07) is 6.53. The molecule has 0 radical (unpaired) electrons. The van der Waals surface area contributed by atoms with Crippen molar-refractivity contribution in [3.8, 4) is 5.75 Å². The Hall–Kier alpha value is -1.06. The first-order chi connectivity index (χ1) is 11.0. The Labute approximate surface area is 142 Å². The van der Waals surface area contributed by atoms with Crippen LogP contribution in [0.5, 0.6) is 5.75 Å². The Morgan fingerprint density at radius 3 is 2.52 bits per heavy atom. The maximum Gasteiger partial charge on any atom is 0.122 e. The molecule has 0 aliphatic carbocycles. The third kappa shape index (κ3) is 4.95. The number of likely N-dealkylation sites (tertiary alicyclic amines) is 1. The molecule has 1 aromatic carbocycles. The molecule has 3 heteroatoms. The quantitative estimate of drug-likeness (QED) is 0.831. The second kappa shape index (κ2) is 8.70. The zero-order valence-electron chi connectivity index (χ0n) is 15.3. The molecule has 1 aliphatic heterocycles. The Morgan fingerprint density at radius 1 is 1.26 bits per heavy atom. The monoisotopic (exact) mass is 318 g/mol. The number of rotatable bonds is 7. The van der Waals surface area contributed by atoms with Crippen LogP contribution < -0.4 is 10.5 Å². The topological polar surface area (TPSA) is 38.5 Å². The summed E-state index contributed by atoms with van der Waals surface area (Å²) in [5.74, 6) is 2.86. The van der Waals surface area contributed by atoms with E-state index in [-0.39, 0.29) is 0 Å². The van der Waals surface area contributed by atoms with Gasteiger partial charge < -0.3 is 15.4 Å². The number of benzene rings is 1. The number of ether oxygens (including phenoxy) is 1. The lowest BCUT2D eigenvalue weighted by Gasteiger charge is -2.37. The summed E-state index contributed by atoms with van der Waals surface area (Å²) in [4.78, 5) is 2.61. The van der Waals surface area contributed by atoms with E-state index in [2.05, 4.69) is 43.9 Å². The van der Waals surface area contributed by atoms with Gasteiger partial charge in [-0.05, 0) is 69.8 Å². The van der Waals surface area contributed by atoms with Gasteiger partial charge in [-0.1, -0.05) is 31.5 Å². The number of hydrogen-bond acceptors (Lipinski definition) is 3. The van der Waals surface area contributed by atoms with Crippen LogP contribution >= 0.6 is 0 Å². The number of piperidine rings is 1. The van der Waals surface area contributed by atoms with Crippen molar-refractivity contribution in [1.82, 2.24) is 4.90 Å². The predicted molar refractivity (Wildman–Crippen MR) is 98.1 cm³/mol. The lowest BCUT2D eigenvalue weighted by atomic mass is 9.79. The molecule has 1 aromatic rings. The van der Waals surface area contributed by atoms with Gasteiger partial charge in [0.2, 0.25) is 0 Å². The van der Waals surface area contributed by atoms with Gasteiger partial charge >= 0.3 is 0 Å². The normalized spacial score (nSPS) is 18.3. The van der Waals surface area contributed by atoms with Crippen molar-refractivity contribution in [1.29, 1.82) is 0 Å². The van der Waals surface area contributed by atoms with E-state index < -0.39 is 0 Å². The summed E-state index contributed by atoms with van der Waals surface area (Å²) >= 11 is 0. The van der Waals surface area contributed by atoms with Crippen LogP contribution in [0.3, 0.4) is 0 Å². The molecule has 1 heterocycles. The standard InChI is InChI=1S/C20H34N2O/c1-5-23-20-7-6-16(4)12-18(20)19(13-21)17-8-10-22(11-9-17)14-15(2)3/h6-7,12,15,17,19H,5,8-11,13-14,21H2,1-4H3. The minimum absolute atomic E-state index is 0.414. The molecule has 1 fully saturated rings. The molecule has 0 spiro atoms. The molecule has 0 amide bonds.